The molecular formula is C14H16ClN3OS. The number of halogens is 1. The Bertz CT molecular complexity index is 552. The fourth-order valence-electron chi connectivity index (χ4n) is 2.11. The Labute approximate surface area is 127 Å². The van der Waals surface area contributed by atoms with Gasteiger partial charge in [0.1, 0.15) is 5.82 Å². The van der Waals surface area contributed by atoms with Crippen LogP contribution >= 0.6 is 22.9 Å². The first-order valence-electron chi connectivity index (χ1n) is 6.57. The van der Waals surface area contributed by atoms with E-state index in [4.69, 9.17) is 16.3 Å². The van der Waals surface area contributed by atoms with Gasteiger partial charge in [0, 0.05) is 29.9 Å². The zero-order valence-corrected chi connectivity index (χ0v) is 12.6. The summed E-state index contributed by atoms with van der Waals surface area (Å²) in [5, 5.41) is 6.09. The van der Waals surface area contributed by atoms with E-state index in [-0.39, 0.29) is 0 Å². The van der Waals surface area contributed by atoms with E-state index in [1.165, 1.54) is 4.88 Å². The molecule has 2 aromatic rings. The van der Waals surface area contributed by atoms with Crippen molar-refractivity contribution in [1.82, 2.24) is 4.98 Å². The fourth-order valence-corrected chi connectivity index (χ4v) is 3.12. The number of nitrogens with zero attached hydrogens (tertiary/aromatic N) is 2. The van der Waals surface area contributed by atoms with Crippen LogP contribution in [-0.4, -0.2) is 31.3 Å². The van der Waals surface area contributed by atoms with Crippen LogP contribution in [0.1, 0.15) is 4.88 Å². The Morgan fingerprint density at radius 1 is 1.35 bits per heavy atom. The molecule has 0 atom stereocenters. The van der Waals surface area contributed by atoms with E-state index in [0.717, 1.165) is 49.4 Å². The minimum atomic E-state index is 0.774. The molecule has 20 heavy (non-hydrogen) atoms. The van der Waals surface area contributed by atoms with Crippen molar-refractivity contribution in [2.45, 2.75) is 6.54 Å². The highest BCUT2D eigenvalue weighted by atomic mass is 35.5. The van der Waals surface area contributed by atoms with Crippen LogP contribution in [-0.2, 0) is 11.3 Å². The maximum atomic E-state index is 5.90. The summed E-state index contributed by atoms with van der Waals surface area (Å²) >= 11 is 7.56. The van der Waals surface area contributed by atoms with E-state index in [1.54, 1.807) is 11.3 Å². The number of nitrogens with one attached hydrogen (secondary N) is 1. The van der Waals surface area contributed by atoms with E-state index in [1.807, 2.05) is 17.6 Å². The average molecular weight is 310 g/mol. The predicted molar refractivity (Wildman–Crippen MR) is 83.9 cm³/mol. The van der Waals surface area contributed by atoms with Crippen molar-refractivity contribution in [3.05, 3.63) is 39.7 Å². The molecule has 1 N–H and O–H groups in total. The van der Waals surface area contributed by atoms with Crippen LogP contribution in [0, 0.1) is 0 Å². The van der Waals surface area contributed by atoms with Gasteiger partial charge in [0.25, 0.3) is 0 Å². The lowest BCUT2D eigenvalue weighted by molar-refractivity contribution is 0.122. The summed E-state index contributed by atoms with van der Waals surface area (Å²) in [5.74, 6) is 1.01. The van der Waals surface area contributed by atoms with Gasteiger partial charge in [-0.05, 0) is 18.2 Å². The van der Waals surface area contributed by atoms with E-state index in [0.29, 0.717) is 0 Å². The summed E-state index contributed by atoms with van der Waals surface area (Å²) in [7, 11) is 0. The summed E-state index contributed by atoms with van der Waals surface area (Å²) in [6.07, 6.45) is 1.88. The maximum absolute atomic E-state index is 5.90. The summed E-state index contributed by atoms with van der Waals surface area (Å²) in [6.45, 7) is 4.15. The van der Waals surface area contributed by atoms with Crippen molar-refractivity contribution in [2.75, 3.05) is 36.5 Å². The molecule has 0 aliphatic carbocycles. The van der Waals surface area contributed by atoms with Gasteiger partial charge in [0.05, 0.1) is 30.1 Å². The van der Waals surface area contributed by atoms with Gasteiger partial charge >= 0.3 is 0 Å². The SMILES string of the molecule is Clc1csc(CNc2ccc(N3CCOCC3)nc2)c1. The molecule has 1 aliphatic rings. The standard InChI is InChI=1S/C14H16ClN3OS/c15-11-7-13(20-10-11)9-16-12-1-2-14(17-8-12)18-3-5-19-6-4-18/h1-2,7-8,10,16H,3-6,9H2. The van der Waals surface area contributed by atoms with E-state index < -0.39 is 0 Å². The highest BCUT2D eigenvalue weighted by molar-refractivity contribution is 7.10. The third kappa shape index (κ3) is 3.42. The summed E-state index contributed by atoms with van der Waals surface area (Å²) in [6, 6.07) is 6.09. The lowest BCUT2D eigenvalue weighted by atomic mass is 10.3. The van der Waals surface area contributed by atoms with Crippen LogP contribution in [0.15, 0.2) is 29.8 Å². The molecule has 2 aromatic heterocycles. The van der Waals surface area contributed by atoms with Gasteiger partial charge in [0.15, 0.2) is 0 Å². The fraction of sp³-hybridized carbons (Fsp3) is 0.357. The molecule has 106 valence electrons. The number of pyridine rings is 1. The monoisotopic (exact) mass is 309 g/mol. The molecule has 0 amide bonds. The molecule has 1 aliphatic heterocycles. The lowest BCUT2D eigenvalue weighted by Gasteiger charge is -2.27. The second-order valence-electron chi connectivity index (χ2n) is 4.59. The topological polar surface area (TPSA) is 37.4 Å². The normalized spacial score (nSPS) is 15.3. The van der Waals surface area contributed by atoms with Crippen LogP contribution in [0.2, 0.25) is 5.02 Å². The Morgan fingerprint density at radius 2 is 2.20 bits per heavy atom. The molecule has 4 nitrogen and oxygen atoms in total. The van der Waals surface area contributed by atoms with Crippen LogP contribution in [0.25, 0.3) is 0 Å². The molecule has 3 heterocycles. The van der Waals surface area contributed by atoms with Gasteiger partial charge in [0.2, 0.25) is 0 Å². The number of thiophene rings is 1. The van der Waals surface area contributed by atoms with E-state index in [2.05, 4.69) is 27.3 Å². The van der Waals surface area contributed by atoms with Crippen molar-refractivity contribution in [2.24, 2.45) is 0 Å². The third-order valence-corrected chi connectivity index (χ3v) is 4.46. The molecule has 1 saturated heterocycles. The summed E-state index contributed by atoms with van der Waals surface area (Å²) in [4.78, 5) is 7.96. The largest absolute Gasteiger partial charge is 0.379 e. The number of hydrogen-bond donors (Lipinski definition) is 1. The number of ether oxygens (including phenoxy) is 1. The number of rotatable bonds is 4. The molecule has 6 heteroatoms. The van der Waals surface area contributed by atoms with Crippen LogP contribution < -0.4 is 10.2 Å². The minimum Gasteiger partial charge on any atom is -0.379 e. The molecule has 0 aromatic carbocycles. The molecule has 0 radical (unpaired) electrons. The molecule has 0 saturated carbocycles. The van der Waals surface area contributed by atoms with Crippen molar-refractivity contribution in [3.63, 3.8) is 0 Å². The Hall–Kier alpha value is -1.30. The van der Waals surface area contributed by atoms with Crippen LogP contribution in [0.3, 0.4) is 0 Å². The highest BCUT2D eigenvalue weighted by Gasteiger charge is 2.11. The van der Waals surface area contributed by atoms with Gasteiger partial charge < -0.3 is 15.0 Å². The number of aromatic nitrogens is 1. The summed E-state index contributed by atoms with van der Waals surface area (Å²) < 4.78 is 5.34. The zero-order chi connectivity index (χ0) is 13.8. The molecule has 0 bridgehead atoms. The van der Waals surface area contributed by atoms with Gasteiger partial charge in [-0.2, -0.15) is 0 Å². The summed E-state index contributed by atoms with van der Waals surface area (Å²) in [5.41, 5.74) is 1.02. The molecule has 0 spiro atoms. The van der Waals surface area contributed by atoms with Gasteiger partial charge in [-0.3, -0.25) is 0 Å². The van der Waals surface area contributed by atoms with Crippen molar-refractivity contribution < 1.29 is 4.74 Å². The Morgan fingerprint density at radius 3 is 2.85 bits per heavy atom. The quantitative estimate of drug-likeness (QED) is 0.941. The molecule has 0 unspecified atom stereocenters. The molecular weight excluding hydrogens is 294 g/mol. The number of anilines is 2. The second kappa shape index (κ2) is 6.43. The third-order valence-electron chi connectivity index (χ3n) is 3.17. The van der Waals surface area contributed by atoms with Crippen LogP contribution in [0.5, 0.6) is 0 Å². The first-order valence-corrected chi connectivity index (χ1v) is 7.82. The number of hydrogen-bond acceptors (Lipinski definition) is 5. The smallest absolute Gasteiger partial charge is 0.128 e. The van der Waals surface area contributed by atoms with Gasteiger partial charge in [-0.25, -0.2) is 4.98 Å². The van der Waals surface area contributed by atoms with E-state index in [9.17, 15) is 0 Å². The van der Waals surface area contributed by atoms with Gasteiger partial charge in [-0.15, -0.1) is 11.3 Å². The highest BCUT2D eigenvalue weighted by Crippen LogP contribution is 2.21. The van der Waals surface area contributed by atoms with Crippen molar-refractivity contribution >= 4 is 34.4 Å². The Balaban J connectivity index is 1.58. The predicted octanol–water partition coefficient (Wildman–Crippen LogP) is 3.25. The maximum Gasteiger partial charge on any atom is 0.128 e. The zero-order valence-electron chi connectivity index (χ0n) is 11.0. The van der Waals surface area contributed by atoms with E-state index >= 15 is 0 Å². The second-order valence-corrected chi connectivity index (χ2v) is 6.02. The van der Waals surface area contributed by atoms with Gasteiger partial charge in [-0.1, -0.05) is 11.6 Å². The first kappa shape index (κ1) is 13.7. The first-order chi connectivity index (χ1) is 9.81. The Kier molecular flexibility index (Phi) is 4.40. The van der Waals surface area contributed by atoms with Crippen molar-refractivity contribution in [1.29, 1.82) is 0 Å². The molecule has 1 fully saturated rings. The molecule has 3 rings (SSSR count). The number of morpholine rings is 1. The van der Waals surface area contributed by atoms with Crippen LogP contribution in [0.4, 0.5) is 11.5 Å². The average Bonchev–Trinajstić information content (AvgIpc) is 2.92. The lowest BCUT2D eigenvalue weighted by Crippen LogP contribution is -2.36. The minimum absolute atomic E-state index is 0.774. The van der Waals surface area contributed by atoms with Crippen molar-refractivity contribution in [3.8, 4) is 0 Å².